The third-order valence-electron chi connectivity index (χ3n) is 3.74. The molecular formula is C19H15FN4S. The maximum atomic E-state index is 12.9. The Morgan fingerprint density at radius 3 is 2.76 bits per heavy atom. The number of hydrogen-bond acceptors (Lipinski definition) is 4. The molecule has 0 saturated heterocycles. The molecule has 2 aromatic heterocycles. The first-order chi connectivity index (χ1) is 12.3. The third-order valence-corrected chi connectivity index (χ3v) is 4.54. The van der Waals surface area contributed by atoms with E-state index in [2.05, 4.69) is 26.9 Å². The normalized spacial score (nSPS) is 11.1. The van der Waals surface area contributed by atoms with E-state index >= 15 is 0 Å². The second-order valence-electron chi connectivity index (χ2n) is 5.53. The van der Waals surface area contributed by atoms with Crippen LogP contribution in [0.4, 0.5) is 4.39 Å². The van der Waals surface area contributed by atoms with Gasteiger partial charge in [-0.1, -0.05) is 18.2 Å². The van der Waals surface area contributed by atoms with Crippen LogP contribution in [0.3, 0.4) is 0 Å². The van der Waals surface area contributed by atoms with E-state index in [1.165, 1.54) is 24.1 Å². The molecule has 0 unspecified atom stereocenters. The Morgan fingerprint density at radius 2 is 1.92 bits per heavy atom. The van der Waals surface area contributed by atoms with Gasteiger partial charge >= 0.3 is 0 Å². The number of aromatic nitrogens is 3. The zero-order valence-corrected chi connectivity index (χ0v) is 14.1. The smallest absolute Gasteiger partial charge is 0.154 e. The summed E-state index contributed by atoms with van der Waals surface area (Å²) in [7, 11) is 0. The van der Waals surface area contributed by atoms with Crippen molar-refractivity contribution in [2.45, 2.75) is 11.4 Å². The van der Waals surface area contributed by atoms with Crippen LogP contribution in [0.15, 0.2) is 78.0 Å². The van der Waals surface area contributed by atoms with Gasteiger partial charge in [-0.05, 0) is 60.0 Å². The lowest BCUT2D eigenvalue weighted by Crippen LogP contribution is -2.02. The van der Waals surface area contributed by atoms with Gasteiger partial charge in [-0.25, -0.2) is 13.9 Å². The van der Waals surface area contributed by atoms with Crippen LogP contribution in [0.5, 0.6) is 0 Å². The number of hydrogen-bond donors (Lipinski definition) is 1. The van der Waals surface area contributed by atoms with Crippen molar-refractivity contribution in [2.24, 2.45) is 0 Å². The van der Waals surface area contributed by atoms with Crippen LogP contribution in [0.25, 0.3) is 16.9 Å². The molecule has 0 fully saturated rings. The van der Waals surface area contributed by atoms with Gasteiger partial charge in [0.15, 0.2) is 5.65 Å². The van der Waals surface area contributed by atoms with Gasteiger partial charge < -0.3 is 0 Å². The fourth-order valence-electron chi connectivity index (χ4n) is 2.52. The fraction of sp³-hybridized carbons (Fsp3) is 0.0526. The third kappa shape index (κ3) is 3.70. The Labute approximate surface area is 148 Å². The molecule has 0 saturated carbocycles. The van der Waals surface area contributed by atoms with Crippen molar-refractivity contribution in [1.29, 1.82) is 0 Å². The van der Waals surface area contributed by atoms with E-state index in [-0.39, 0.29) is 5.82 Å². The number of fused-ring (bicyclic) bond motifs is 1. The number of nitrogens with zero attached hydrogens (tertiary/aromatic N) is 3. The first-order valence-electron chi connectivity index (χ1n) is 7.83. The van der Waals surface area contributed by atoms with Crippen LogP contribution in [-0.2, 0) is 6.54 Å². The van der Waals surface area contributed by atoms with Gasteiger partial charge in [0.05, 0.1) is 11.9 Å². The second-order valence-corrected chi connectivity index (χ2v) is 6.49. The molecular weight excluding hydrogens is 335 g/mol. The lowest BCUT2D eigenvalue weighted by molar-refractivity contribution is 0.626. The summed E-state index contributed by atoms with van der Waals surface area (Å²) in [4.78, 5) is 5.58. The largest absolute Gasteiger partial charge is 0.255 e. The Bertz CT molecular complexity index is 965. The molecule has 0 bridgehead atoms. The van der Waals surface area contributed by atoms with E-state index in [1.807, 2.05) is 30.5 Å². The molecule has 0 aliphatic rings. The molecule has 0 radical (unpaired) electrons. The number of nitrogens with one attached hydrogen (secondary N) is 1. The predicted octanol–water partition coefficient (Wildman–Crippen LogP) is 4.33. The Hall–Kier alpha value is -2.70. The molecule has 0 spiro atoms. The quantitative estimate of drug-likeness (QED) is 0.544. The lowest BCUT2D eigenvalue weighted by atomic mass is 10.1. The second kappa shape index (κ2) is 7.04. The number of rotatable bonds is 5. The summed E-state index contributed by atoms with van der Waals surface area (Å²) < 4.78 is 18.0. The molecule has 2 heterocycles. The fourth-order valence-corrected chi connectivity index (χ4v) is 3.19. The number of halogens is 1. The van der Waals surface area contributed by atoms with Crippen LogP contribution < -0.4 is 4.72 Å². The van der Waals surface area contributed by atoms with Crippen molar-refractivity contribution in [3.05, 3.63) is 84.4 Å². The van der Waals surface area contributed by atoms with Gasteiger partial charge in [-0.2, -0.15) is 5.10 Å². The monoisotopic (exact) mass is 350 g/mol. The van der Waals surface area contributed by atoms with Crippen molar-refractivity contribution in [2.75, 3.05) is 0 Å². The molecule has 4 rings (SSSR count). The van der Waals surface area contributed by atoms with Crippen molar-refractivity contribution < 1.29 is 4.39 Å². The maximum Gasteiger partial charge on any atom is 0.154 e. The molecule has 0 atom stereocenters. The van der Waals surface area contributed by atoms with Crippen molar-refractivity contribution in [3.8, 4) is 11.3 Å². The highest BCUT2D eigenvalue weighted by Crippen LogP contribution is 2.21. The number of benzene rings is 2. The average Bonchev–Trinajstić information content (AvgIpc) is 3.08. The molecule has 124 valence electrons. The summed E-state index contributed by atoms with van der Waals surface area (Å²) >= 11 is 1.48. The molecule has 1 N–H and O–H groups in total. The van der Waals surface area contributed by atoms with E-state index < -0.39 is 0 Å². The number of imidazole rings is 1. The Morgan fingerprint density at radius 1 is 1.04 bits per heavy atom. The van der Waals surface area contributed by atoms with Crippen LogP contribution in [-0.4, -0.2) is 14.6 Å². The highest BCUT2D eigenvalue weighted by Gasteiger charge is 2.05. The molecule has 2 aromatic carbocycles. The minimum absolute atomic E-state index is 0.223. The van der Waals surface area contributed by atoms with Gasteiger partial charge in [0.25, 0.3) is 0 Å². The van der Waals surface area contributed by atoms with Crippen molar-refractivity contribution in [1.82, 2.24) is 19.3 Å². The van der Waals surface area contributed by atoms with Gasteiger partial charge in [-0.3, -0.25) is 4.72 Å². The van der Waals surface area contributed by atoms with Crippen LogP contribution in [0.2, 0.25) is 0 Å². The standard InChI is InChI=1S/C19H15FN4S/c20-16-6-8-17(9-7-16)25-22-12-14-3-1-4-15(11-14)18-13-24-19(23-18)5-2-10-21-24/h1-11,13,22H,12H2. The molecule has 25 heavy (non-hydrogen) atoms. The van der Waals surface area contributed by atoms with Gasteiger partial charge in [0, 0.05) is 23.2 Å². The highest BCUT2D eigenvalue weighted by molar-refractivity contribution is 7.97. The first-order valence-corrected chi connectivity index (χ1v) is 8.64. The predicted molar refractivity (Wildman–Crippen MR) is 97.5 cm³/mol. The Balaban J connectivity index is 1.46. The summed E-state index contributed by atoms with van der Waals surface area (Å²) in [6.45, 7) is 0.696. The summed E-state index contributed by atoms with van der Waals surface area (Å²) in [5, 5.41) is 4.25. The van der Waals surface area contributed by atoms with Crippen molar-refractivity contribution in [3.63, 3.8) is 0 Å². The van der Waals surface area contributed by atoms with Gasteiger partial charge in [0.2, 0.25) is 0 Å². The van der Waals surface area contributed by atoms with Crippen LogP contribution in [0.1, 0.15) is 5.56 Å². The molecule has 0 aliphatic carbocycles. The van der Waals surface area contributed by atoms with Crippen LogP contribution in [0, 0.1) is 5.82 Å². The zero-order valence-electron chi connectivity index (χ0n) is 13.3. The maximum absolute atomic E-state index is 12.9. The summed E-state index contributed by atoms with van der Waals surface area (Å²) in [6.07, 6.45) is 3.67. The van der Waals surface area contributed by atoms with E-state index in [4.69, 9.17) is 0 Å². The van der Waals surface area contributed by atoms with Gasteiger partial charge in [0.1, 0.15) is 5.82 Å². The topological polar surface area (TPSA) is 42.2 Å². The van der Waals surface area contributed by atoms with Gasteiger partial charge in [-0.15, -0.1) is 0 Å². The van der Waals surface area contributed by atoms with E-state index in [9.17, 15) is 4.39 Å². The Kier molecular flexibility index (Phi) is 4.45. The summed E-state index contributed by atoms with van der Waals surface area (Å²) in [5.41, 5.74) is 3.92. The minimum atomic E-state index is -0.223. The summed E-state index contributed by atoms with van der Waals surface area (Å²) in [5.74, 6) is -0.223. The molecule has 0 amide bonds. The van der Waals surface area contributed by atoms with Crippen LogP contribution >= 0.6 is 11.9 Å². The lowest BCUT2D eigenvalue weighted by Gasteiger charge is -2.06. The SMILES string of the molecule is Fc1ccc(SNCc2cccc(-c3cn4ncccc4n3)c2)cc1. The molecule has 4 aromatic rings. The molecule has 4 nitrogen and oxygen atoms in total. The minimum Gasteiger partial charge on any atom is -0.255 e. The molecule has 6 heteroatoms. The van der Waals surface area contributed by atoms with Crippen molar-refractivity contribution >= 4 is 17.6 Å². The van der Waals surface area contributed by atoms with E-state index in [0.717, 1.165) is 27.4 Å². The first kappa shape index (κ1) is 15.8. The highest BCUT2D eigenvalue weighted by atomic mass is 32.2. The van der Waals surface area contributed by atoms with E-state index in [1.54, 1.807) is 22.8 Å². The summed E-state index contributed by atoms with van der Waals surface area (Å²) in [6, 6.07) is 18.5. The van der Waals surface area contributed by atoms with E-state index in [0.29, 0.717) is 6.54 Å². The average molecular weight is 350 g/mol. The zero-order chi connectivity index (χ0) is 17.1. The molecule has 0 aliphatic heterocycles.